The molecule has 3 rings (SSSR count). The molecule has 3 heteroatoms. The molecule has 3 aromatic rings. The van der Waals surface area contributed by atoms with E-state index in [4.69, 9.17) is 11.6 Å². The minimum atomic E-state index is 0.304. The Labute approximate surface area is 120 Å². The van der Waals surface area contributed by atoms with Gasteiger partial charge in [-0.3, -0.25) is 0 Å². The molecule has 0 bridgehead atoms. The molecular formula is C16H11ClOS. The Balaban J connectivity index is 2.09. The van der Waals surface area contributed by atoms with Crippen molar-refractivity contribution in [3.05, 3.63) is 65.7 Å². The van der Waals surface area contributed by atoms with Gasteiger partial charge in [-0.05, 0) is 41.1 Å². The fourth-order valence-corrected chi connectivity index (χ4v) is 3.06. The Morgan fingerprint density at radius 2 is 1.58 bits per heavy atom. The van der Waals surface area contributed by atoms with Crippen LogP contribution in [-0.2, 0) is 0 Å². The first-order chi connectivity index (χ1) is 9.24. The SMILES string of the molecule is Oc1ccc2ccccc2c1Sc1ccc(Cl)cc1. The highest BCUT2D eigenvalue weighted by Crippen LogP contribution is 2.39. The van der Waals surface area contributed by atoms with Crippen LogP contribution in [0.3, 0.4) is 0 Å². The Hall–Kier alpha value is -1.64. The first kappa shape index (κ1) is 12.4. The second kappa shape index (κ2) is 5.16. The largest absolute Gasteiger partial charge is 0.507 e. The van der Waals surface area contributed by atoms with Crippen LogP contribution < -0.4 is 0 Å². The van der Waals surface area contributed by atoms with Crippen LogP contribution >= 0.6 is 23.4 Å². The van der Waals surface area contributed by atoms with Crippen molar-refractivity contribution in [1.29, 1.82) is 0 Å². The van der Waals surface area contributed by atoms with Crippen LogP contribution in [0.4, 0.5) is 0 Å². The van der Waals surface area contributed by atoms with Crippen LogP contribution in [0, 0.1) is 0 Å². The zero-order valence-corrected chi connectivity index (χ0v) is 11.6. The Morgan fingerprint density at radius 1 is 0.842 bits per heavy atom. The highest BCUT2D eigenvalue weighted by atomic mass is 35.5. The molecule has 0 fully saturated rings. The molecule has 0 heterocycles. The molecule has 0 aliphatic carbocycles. The van der Waals surface area contributed by atoms with Crippen molar-refractivity contribution in [2.75, 3.05) is 0 Å². The highest BCUT2D eigenvalue weighted by Gasteiger charge is 2.08. The van der Waals surface area contributed by atoms with Gasteiger partial charge < -0.3 is 5.11 Å². The zero-order valence-electron chi connectivity index (χ0n) is 10.0. The van der Waals surface area contributed by atoms with E-state index in [1.54, 1.807) is 17.8 Å². The van der Waals surface area contributed by atoms with Crippen molar-refractivity contribution in [2.24, 2.45) is 0 Å². The molecule has 0 radical (unpaired) electrons. The van der Waals surface area contributed by atoms with Crippen molar-refractivity contribution in [3.8, 4) is 5.75 Å². The van der Waals surface area contributed by atoms with Gasteiger partial charge in [0.1, 0.15) is 5.75 Å². The third kappa shape index (κ3) is 2.55. The lowest BCUT2D eigenvalue weighted by atomic mass is 10.1. The lowest BCUT2D eigenvalue weighted by molar-refractivity contribution is 0.464. The van der Waals surface area contributed by atoms with Crippen molar-refractivity contribution >= 4 is 34.1 Å². The van der Waals surface area contributed by atoms with Crippen molar-refractivity contribution < 1.29 is 5.11 Å². The van der Waals surface area contributed by atoms with E-state index in [9.17, 15) is 5.11 Å². The number of hydrogen-bond donors (Lipinski definition) is 1. The molecule has 1 N–H and O–H groups in total. The Bertz CT molecular complexity index is 722. The number of fused-ring (bicyclic) bond motifs is 1. The Morgan fingerprint density at radius 3 is 2.37 bits per heavy atom. The fourth-order valence-electron chi connectivity index (χ4n) is 1.96. The van der Waals surface area contributed by atoms with E-state index in [-0.39, 0.29) is 0 Å². The van der Waals surface area contributed by atoms with E-state index in [1.807, 2.05) is 54.6 Å². The minimum Gasteiger partial charge on any atom is -0.507 e. The average molecular weight is 287 g/mol. The second-order valence-electron chi connectivity index (χ2n) is 4.19. The van der Waals surface area contributed by atoms with Gasteiger partial charge in [-0.1, -0.05) is 53.7 Å². The van der Waals surface area contributed by atoms with Gasteiger partial charge in [0.25, 0.3) is 0 Å². The van der Waals surface area contributed by atoms with Crippen molar-refractivity contribution in [2.45, 2.75) is 9.79 Å². The molecule has 0 aliphatic rings. The van der Waals surface area contributed by atoms with Crippen molar-refractivity contribution in [1.82, 2.24) is 0 Å². The van der Waals surface area contributed by atoms with E-state index in [0.29, 0.717) is 10.8 Å². The molecule has 94 valence electrons. The maximum atomic E-state index is 10.1. The van der Waals surface area contributed by atoms with Gasteiger partial charge in [-0.15, -0.1) is 0 Å². The summed E-state index contributed by atoms with van der Waals surface area (Å²) in [7, 11) is 0. The van der Waals surface area contributed by atoms with Crippen LogP contribution in [0.2, 0.25) is 5.02 Å². The van der Waals surface area contributed by atoms with Gasteiger partial charge >= 0.3 is 0 Å². The number of aromatic hydroxyl groups is 1. The third-order valence-corrected chi connectivity index (χ3v) is 4.29. The maximum Gasteiger partial charge on any atom is 0.130 e. The molecule has 0 atom stereocenters. The van der Waals surface area contributed by atoms with E-state index in [2.05, 4.69) is 0 Å². The molecule has 0 saturated carbocycles. The summed E-state index contributed by atoms with van der Waals surface area (Å²) < 4.78 is 0. The molecule has 0 saturated heterocycles. The summed E-state index contributed by atoms with van der Waals surface area (Å²) in [6, 6.07) is 19.3. The van der Waals surface area contributed by atoms with Crippen LogP contribution in [0.25, 0.3) is 10.8 Å². The molecule has 0 spiro atoms. The number of rotatable bonds is 2. The molecular weight excluding hydrogens is 276 g/mol. The van der Waals surface area contributed by atoms with Gasteiger partial charge in [-0.2, -0.15) is 0 Å². The molecule has 1 nitrogen and oxygen atoms in total. The van der Waals surface area contributed by atoms with Gasteiger partial charge in [0, 0.05) is 9.92 Å². The minimum absolute atomic E-state index is 0.304. The first-order valence-corrected chi connectivity index (χ1v) is 7.07. The smallest absolute Gasteiger partial charge is 0.130 e. The summed E-state index contributed by atoms with van der Waals surface area (Å²) in [6.45, 7) is 0. The van der Waals surface area contributed by atoms with Gasteiger partial charge in [0.15, 0.2) is 0 Å². The lowest BCUT2D eigenvalue weighted by Gasteiger charge is -2.08. The number of hydrogen-bond acceptors (Lipinski definition) is 2. The molecule has 0 unspecified atom stereocenters. The molecule has 3 aromatic carbocycles. The summed E-state index contributed by atoms with van der Waals surface area (Å²) in [4.78, 5) is 1.93. The molecule has 0 aromatic heterocycles. The first-order valence-electron chi connectivity index (χ1n) is 5.88. The summed E-state index contributed by atoms with van der Waals surface area (Å²) in [5.74, 6) is 0.304. The summed E-state index contributed by atoms with van der Waals surface area (Å²) in [6.07, 6.45) is 0. The number of phenols is 1. The predicted molar refractivity (Wildman–Crippen MR) is 81.2 cm³/mol. The number of phenolic OH excluding ortho intramolecular Hbond substituents is 1. The standard InChI is InChI=1S/C16H11ClOS/c17-12-6-8-13(9-7-12)19-16-14-4-2-1-3-11(14)5-10-15(16)18/h1-10,18H. The average Bonchev–Trinajstić information content (AvgIpc) is 2.44. The van der Waals surface area contributed by atoms with E-state index in [1.165, 1.54) is 0 Å². The number of benzene rings is 3. The van der Waals surface area contributed by atoms with Gasteiger partial charge in [0.05, 0.1) is 4.90 Å². The van der Waals surface area contributed by atoms with Crippen molar-refractivity contribution in [3.63, 3.8) is 0 Å². The quantitative estimate of drug-likeness (QED) is 0.685. The summed E-state index contributed by atoms with van der Waals surface area (Å²) >= 11 is 7.43. The van der Waals surface area contributed by atoms with Gasteiger partial charge in [0.2, 0.25) is 0 Å². The zero-order chi connectivity index (χ0) is 13.2. The third-order valence-electron chi connectivity index (χ3n) is 2.89. The topological polar surface area (TPSA) is 20.2 Å². The molecule has 19 heavy (non-hydrogen) atoms. The lowest BCUT2D eigenvalue weighted by Crippen LogP contribution is -1.80. The fraction of sp³-hybridized carbons (Fsp3) is 0. The number of halogens is 1. The van der Waals surface area contributed by atoms with Crippen LogP contribution in [0.15, 0.2) is 70.5 Å². The predicted octanol–water partition coefficient (Wildman–Crippen LogP) is 5.35. The van der Waals surface area contributed by atoms with Crippen LogP contribution in [-0.4, -0.2) is 5.11 Å². The molecule has 0 aliphatic heterocycles. The summed E-state index contributed by atoms with van der Waals surface area (Å²) in [5.41, 5.74) is 0. The van der Waals surface area contributed by atoms with Crippen LogP contribution in [0.1, 0.15) is 0 Å². The van der Waals surface area contributed by atoms with E-state index < -0.39 is 0 Å². The second-order valence-corrected chi connectivity index (χ2v) is 5.71. The monoisotopic (exact) mass is 286 g/mol. The van der Waals surface area contributed by atoms with Crippen LogP contribution in [0.5, 0.6) is 5.75 Å². The molecule has 0 amide bonds. The summed E-state index contributed by atoms with van der Waals surface area (Å²) in [5, 5.41) is 13.0. The van der Waals surface area contributed by atoms with E-state index in [0.717, 1.165) is 20.6 Å². The van der Waals surface area contributed by atoms with Gasteiger partial charge in [-0.25, -0.2) is 0 Å². The van der Waals surface area contributed by atoms with E-state index >= 15 is 0 Å². The maximum absolute atomic E-state index is 10.1. The highest BCUT2D eigenvalue weighted by molar-refractivity contribution is 7.99. The normalized spacial score (nSPS) is 10.8. The Kier molecular flexibility index (Phi) is 3.36.